The standard InChI is InChI=1S/C15H20FNO3/c1-11-2-3-14(16)13(10-11)15(19)17-6-4-12(5-7-17)20-9-8-18/h2-3,10,12,18H,4-9H2,1H3. The molecule has 1 N–H and O–H groups in total. The molecule has 1 aromatic carbocycles. The summed E-state index contributed by atoms with van der Waals surface area (Å²) < 4.78 is 19.2. The molecular formula is C15H20FNO3. The van der Waals surface area contributed by atoms with Crippen molar-refractivity contribution in [3.63, 3.8) is 0 Å². The van der Waals surface area contributed by atoms with Crippen LogP contribution in [-0.2, 0) is 4.74 Å². The molecule has 1 aromatic rings. The summed E-state index contributed by atoms with van der Waals surface area (Å²) in [6.45, 7) is 3.29. The second-order valence-corrected chi connectivity index (χ2v) is 5.07. The minimum atomic E-state index is -0.473. The summed E-state index contributed by atoms with van der Waals surface area (Å²) in [5, 5.41) is 8.71. The SMILES string of the molecule is Cc1ccc(F)c(C(=O)N2CCC(OCCO)CC2)c1. The maximum absolute atomic E-state index is 13.7. The number of hydrogen-bond donors (Lipinski definition) is 1. The molecular weight excluding hydrogens is 261 g/mol. The Balaban J connectivity index is 1.96. The van der Waals surface area contributed by atoms with Gasteiger partial charge in [0.1, 0.15) is 5.82 Å². The molecule has 0 aromatic heterocycles. The Bertz CT molecular complexity index is 470. The average molecular weight is 281 g/mol. The molecule has 1 amide bonds. The summed E-state index contributed by atoms with van der Waals surface area (Å²) >= 11 is 0. The highest BCUT2D eigenvalue weighted by Crippen LogP contribution is 2.18. The lowest BCUT2D eigenvalue weighted by atomic mass is 10.0. The summed E-state index contributed by atoms with van der Waals surface area (Å²) in [6, 6.07) is 4.58. The Kier molecular flexibility index (Phi) is 5.09. The predicted octanol–water partition coefficient (Wildman–Crippen LogP) is 1.75. The quantitative estimate of drug-likeness (QED) is 0.914. The van der Waals surface area contributed by atoms with E-state index in [2.05, 4.69) is 0 Å². The van der Waals surface area contributed by atoms with E-state index in [-0.39, 0.29) is 24.2 Å². The number of nitrogens with zero attached hydrogens (tertiary/aromatic N) is 1. The van der Waals surface area contributed by atoms with Crippen LogP contribution >= 0.6 is 0 Å². The monoisotopic (exact) mass is 281 g/mol. The van der Waals surface area contributed by atoms with E-state index >= 15 is 0 Å². The van der Waals surface area contributed by atoms with Crippen LogP contribution in [0.25, 0.3) is 0 Å². The minimum absolute atomic E-state index is 0.00759. The summed E-state index contributed by atoms with van der Waals surface area (Å²) in [7, 11) is 0. The highest BCUT2D eigenvalue weighted by Gasteiger charge is 2.25. The van der Waals surface area contributed by atoms with Crippen LogP contribution in [0.2, 0.25) is 0 Å². The molecule has 1 heterocycles. The van der Waals surface area contributed by atoms with Gasteiger partial charge in [0.15, 0.2) is 0 Å². The lowest BCUT2D eigenvalue weighted by Gasteiger charge is -2.32. The van der Waals surface area contributed by atoms with Crippen LogP contribution in [0.1, 0.15) is 28.8 Å². The van der Waals surface area contributed by atoms with E-state index in [9.17, 15) is 9.18 Å². The van der Waals surface area contributed by atoms with Crippen LogP contribution in [0.4, 0.5) is 4.39 Å². The first-order chi connectivity index (χ1) is 9.61. The molecule has 0 spiro atoms. The second-order valence-electron chi connectivity index (χ2n) is 5.07. The number of rotatable bonds is 4. The Labute approximate surface area is 118 Å². The summed E-state index contributed by atoms with van der Waals surface area (Å²) in [6.07, 6.45) is 1.52. The zero-order valence-electron chi connectivity index (χ0n) is 11.6. The molecule has 4 nitrogen and oxygen atoms in total. The van der Waals surface area contributed by atoms with Crippen molar-refractivity contribution in [2.75, 3.05) is 26.3 Å². The van der Waals surface area contributed by atoms with E-state index in [1.807, 2.05) is 6.92 Å². The Morgan fingerprint density at radius 1 is 1.45 bits per heavy atom. The van der Waals surface area contributed by atoms with Gasteiger partial charge in [0.25, 0.3) is 5.91 Å². The zero-order chi connectivity index (χ0) is 14.5. The first kappa shape index (κ1) is 14.9. The Morgan fingerprint density at radius 3 is 2.80 bits per heavy atom. The maximum atomic E-state index is 13.7. The number of aryl methyl sites for hydroxylation is 1. The smallest absolute Gasteiger partial charge is 0.256 e. The number of benzene rings is 1. The van der Waals surface area contributed by atoms with Gasteiger partial charge in [-0.15, -0.1) is 0 Å². The van der Waals surface area contributed by atoms with Crippen LogP contribution in [0.5, 0.6) is 0 Å². The topological polar surface area (TPSA) is 49.8 Å². The van der Waals surface area contributed by atoms with Crippen molar-refractivity contribution in [2.45, 2.75) is 25.9 Å². The molecule has 110 valence electrons. The fraction of sp³-hybridized carbons (Fsp3) is 0.533. The third-order valence-electron chi connectivity index (χ3n) is 3.53. The number of hydrogen-bond acceptors (Lipinski definition) is 3. The number of carbonyl (C=O) groups is 1. The van der Waals surface area contributed by atoms with Gasteiger partial charge in [-0.05, 0) is 31.9 Å². The van der Waals surface area contributed by atoms with Crippen molar-refractivity contribution < 1.29 is 19.0 Å². The van der Waals surface area contributed by atoms with Gasteiger partial charge in [0.05, 0.1) is 24.9 Å². The van der Waals surface area contributed by atoms with Crippen LogP contribution < -0.4 is 0 Å². The summed E-state index contributed by atoms with van der Waals surface area (Å²) in [4.78, 5) is 14.0. The van der Waals surface area contributed by atoms with Gasteiger partial charge < -0.3 is 14.7 Å². The van der Waals surface area contributed by atoms with Crippen LogP contribution in [0.15, 0.2) is 18.2 Å². The van der Waals surface area contributed by atoms with Crippen molar-refractivity contribution >= 4 is 5.91 Å². The molecule has 20 heavy (non-hydrogen) atoms. The van der Waals surface area contributed by atoms with Crippen molar-refractivity contribution in [3.8, 4) is 0 Å². The molecule has 0 bridgehead atoms. The lowest BCUT2D eigenvalue weighted by Crippen LogP contribution is -2.41. The van der Waals surface area contributed by atoms with Gasteiger partial charge in [0.2, 0.25) is 0 Å². The number of amides is 1. The Hall–Kier alpha value is -1.46. The molecule has 0 saturated carbocycles. The molecule has 0 aliphatic carbocycles. The van der Waals surface area contributed by atoms with Crippen molar-refractivity contribution in [1.29, 1.82) is 0 Å². The highest BCUT2D eigenvalue weighted by molar-refractivity contribution is 5.94. The first-order valence-corrected chi connectivity index (χ1v) is 6.89. The average Bonchev–Trinajstić information content (AvgIpc) is 2.47. The number of likely N-dealkylation sites (tertiary alicyclic amines) is 1. The first-order valence-electron chi connectivity index (χ1n) is 6.89. The number of aliphatic hydroxyl groups is 1. The lowest BCUT2D eigenvalue weighted by molar-refractivity contribution is -0.00561. The van der Waals surface area contributed by atoms with Gasteiger partial charge in [-0.2, -0.15) is 0 Å². The van der Waals surface area contributed by atoms with Gasteiger partial charge >= 0.3 is 0 Å². The van der Waals surface area contributed by atoms with Gasteiger partial charge in [-0.1, -0.05) is 11.6 Å². The molecule has 5 heteroatoms. The largest absolute Gasteiger partial charge is 0.394 e. The molecule has 0 unspecified atom stereocenters. The number of carbonyl (C=O) groups excluding carboxylic acids is 1. The van der Waals surface area contributed by atoms with E-state index in [0.29, 0.717) is 19.7 Å². The Morgan fingerprint density at radius 2 is 2.15 bits per heavy atom. The van der Waals surface area contributed by atoms with Gasteiger partial charge in [-0.3, -0.25) is 4.79 Å². The predicted molar refractivity (Wildman–Crippen MR) is 73.1 cm³/mol. The zero-order valence-corrected chi connectivity index (χ0v) is 11.6. The number of aliphatic hydroxyl groups excluding tert-OH is 1. The molecule has 1 aliphatic heterocycles. The van der Waals surface area contributed by atoms with Crippen LogP contribution in [0, 0.1) is 12.7 Å². The van der Waals surface area contributed by atoms with Crippen molar-refractivity contribution in [1.82, 2.24) is 4.90 Å². The van der Waals surface area contributed by atoms with Crippen molar-refractivity contribution in [3.05, 3.63) is 35.1 Å². The molecule has 0 radical (unpaired) electrons. The summed E-state index contributed by atoms with van der Waals surface area (Å²) in [5.41, 5.74) is 1.01. The molecule has 1 saturated heterocycles. The van der Waals surface area contributed by atoms with Gasteiger partial charge in [0, 0.05) is 13.1 Å². The number of ether oxygens (including phenoxy) is 1. The fourth-order valence-corrected chi connectivity index (χ4v) is 2.42. The third-order valence-corrected chi connectivity index (χ3v) is 3.53. The van der Waals surface area contributed by atoms with Crippen LogP contribution in [-0.4, -0.2) is 48.3 Å². The van der Waals surface area contributed by atoms with E-state index in [0.717, 1.165) is 18.4 Å². The molecule has 2 rings (SSSR count). The second kappa shape index (κ2) is 6.81. The van der Waals surface area contributed by atoms with Crippen LogP contribution in [0.3, 0.4) is 0 Å². The number of halogens is 1. The van der Waals surface area contributed by atoms with E-state index in [1.165, 1.54) is 6.07 Å². The fourth-order valence-electron chi connectivity index (χ4n) is 2.42. The number of piperidine rings is 1. The van der Waals surface area contributed by atoms with Crippen molar-refractivity contribution in [2.24, 2.45) is 0 Å². The molecule has 1 aliphatic rings. The van der Waals surface area contributed by atoms with E-state index < -0.39 is 5.82 Å². The molecule has 1 fully saturated rings. The normalized spacial score (nSPS) is 16.4. The third kappa shape index (κ3) is 3.55. The highest BCUT2D eigenvalue weighted by atomic mass is 19.1. The molecule has 0 atom stereocenters. The minimum Gasteiger partial charge on any atom is -0.394 e. The van der Waals surface area contributed by atoms with Gasteiger partial charge in [-0.25, -0.2) is 4.39 Å². The summed E-state index contributed by atoms with van der Waals surface area (Å²) in [5.74, 6) is -0.730. The van der Waals surface area contributed by atoms with E-state index in [1.54, 1.807) is 17.0 Å². The van der Waals surface area contributed by atoms with E-state index in [4.69, 9.17) is 9.84 Å². The maximum Gasteiger partial charge on any atom is 0.256 e.